The van der Waals surface area contributed by atoms with Crippen LogP contribution in [0.3, 0.4) is 0 Å². The first-order valence-corrected chi connectivity index (χ1v) is 15.4. The van der Waals surface area contributed by atoms with Gasteiger partial charge in [0.1, 0.15) is 11.4 Å². The summed E-state index contributed by atoms with van der Waals surface area (Å²) in [6, 6.07) is 18.9. The maximum Gasteiger partial charge on any atom is 0.359 e. The molecule has 0 spiro atoms. The number of nitrogens with zero attached hydrogens (tertiary/aromatic N) is 2. The van der Waals surface area contributed by atoms with Gasteiger partial charge in [-0.15, -0.1) is 23.5 Å². The molecule has 0 bridgehead atoms. The van der Waals surface area contributed by atoms with Crippen molar-refractivity contribution in [3.63, 3.8) is 0 Å². The largest absolute Gasteiger partial charge is 0.448 e. The molecule has 10 nitrogen and oxygen atoms in total. The number of carbonyl (C=O) groups excluding carboxylic acids is 3. The molecule has 2 amide bonds. The molecule has 13 heteroatoms. The topological polar surface area (TPSA) is 143 Å². The molecule has 4 rings (SSSR count). The highest BCUT2D eigenvalue weighted by Crippen LogP contribution is 2.42. The molecular formula is C26H23N3O7S3. The molecular weight excluding hydrogens is 563 g/mol. The SMILES string of the molecule is CS(=O)(=O)OC1=C(C(=O)OC(c2ccccc2)c2ccccc2)N2C(=O)[C@@H](NC(=O)CS/C=C\C#N)[C@@H]2SC1. The fourth-order valence-electron chi connectivity index (χ4n) is 3.99. The van der Waals surface area contributed by atoms with Gasteiger partial charge in [-0.2, -0.15) is 13.7 Å². The number of nitrogens with one attached hydrogen (secondary N) is 1. The molecule has 2 heterocycles. The van der Waals surface area contributed by atoms with Crippen LogP contribution in [-0.2, 0) is 33.4 Å². The van der Waals surface area contributed by atoms with Crippen molar-refractivity contribution >= 4 is 51.4 Å². The number of esters is 1. The van der Waals surface area contributed by atoms with Gasteiger partial charge in [0.25, 0.3) is 5.91 Å². The summed E-state index contributed by atoms with van der Waals surface area (Å²) < 4.78 is 35.0. The summed E-state index contributed by atoms with van der Waals surface area (Å²) in [4.78, 5) is 40.2. The Morgan fingerprint density at radius 3 is 2.36 bits per heavy atom. The minimum absolute atomic E-state index is 0.0116. The van der Waals surface area contributed by atoms with Gasteiger partial charge >= 0.3 is 16.1 Å². The second kappa shape index (κ2) is 12.4. The highest BCUT2D eigenvalue weighted by molar-refractivity contribution is 8.02. The fourth-order valence-corrected chi connectivity index (χ4v) is 6.31. The Morgan fingerprint density at radius 2 is 1.79 bits per heavy atom. The lowest BCUT2D eigenvalue weighted by Crippen LogP contribution is -2.70. The van der Waals surface area contributed by atoms with Crippen molar-refractivity contribution in [1.29, 1.82) is 5.26 Å². The third kappa shape index (κ3) is 6.83. The molecule has 1 fully saturated rings. The molecule has 0 radical (unpaired) electrons. The van der Waals surface area contributed by atoms with E-state index in [2.05, 4.69) is 5.32 Å². The van der Waals surface area contributed by atoms with Crippen LogP contribution >= 0.6 is 23.5 Å². The molecule has 39 heavy (non-hydrogen) atoms. The molecule has 0 saturated carbocycles. The molecule has 1 saturated heterocycles. The van der Waals surface area contributed by atoms with Crippen molar-refractivity contribution in [2.24, 2.45) is 0 Å². The minimum Gasteiger partial charge on any atom is -0.448 e. The van der Waals surface area contributed by atoms with Crippen LogP contribution in [0.4, 0.5) is 0 Å². The van der Waals surface area contributed by atoms with Crippen LogP contribution in [0.5, 0.6) is 0 Å². The molecule has 2 aliphatic rings. The first-order chi connectivity index (χ1) is 18.7. The summed E-state index contributed by atoms with van der Waals surface area (Å²) in [5.41, 5.74) is 1.03. The zero-order valence-corrected chi connectivity index (χ0v) is 23.0. The number of ether oxygens (including phenoxy) is 1. The van der Waals surface area contributed by atoms with E-state index < -0.39 is 45.4 Å². The zero-order chi connectivity index (χ0) is 28.0. The average Bonchev–Trinajstić information content (AvgIpc) is 2.92. The summed E-state index contributed by atoms with van der Waals surface area (Å²) in [5, 5.41) is 12.0. The first kappa shape index (κ1) is 28.3. The number of amides is 2. The number of benzene rings is 2. The number of fused-ring (bicyclic) bond motifs is 1. The van der Waals surface area contributed by atoms with Gasteiger partial charge in [-0.1, -0.05) is 60.7 Å². The molecule has 2 aromatic carbocycles. The Kier molecular flexibility index (Phi) is 9.01. The van der Waals surface area contributed by atoms with Crippen molar-refractivity contribution in [3.8, 4) is 6.07 Å². The third-order valence-corrected chi connectivity index (χ3v) is 8.09. The van der Waals surface area contributed by atoms with Gasteiger partial charge in [0, 0.05) is 6.08 Å². The molecule has 2 atom stereocenters. The standard InChI is InChI=1S/C26H23N3O7S3/c1-39(33,34)36-19-15-38-25-21(28-20(30)16-37-14-8-13-27)24(31)29(25)22(19)26(32)35-23(17-9-4-2-5-10-17)18-11-6-3-7-12-18/h2-12,14,21,23,25H,15-16H2,1H3,(H,28,30)/b14-8-/t21-,25+/m1/s1. The lowest BCUT2D eigenvalue weighted by Gasteiger charge is -2.49. The van der Waals surface area contributed by atoms with Crippen molar-refractivity contribution in [2.75, 3.05) is 17.8 Å². The van der Waals surface area contributed by atoms with Gasteiger partial charge in [0.2, 0.25) is 5.91 Å². The van der Waals surface area contributed by atoms with E-state index in [1.165, 1.54) is 11.5 Å². The maximum absolute atomic E-state index is 13.6. The third-order valence-electron chi connectivity index (χ3n) is 5.58. The molecule has 202 valence electrons. The van der Waals surface area contributed by atoms with Crippen LogP contribution in [0.2, 0.25) is 0 Å². The van der Waals surface area contributed by atoms with E-state index in [1.807, 2.05) is 18.2 Å². The number of β-lactam (4-membered cyclic amide) rings is 1. The van der Waals surface area contributed by atoms with E-state index in [-0.39, 0.29) is 23.0 Å². The quantitative estimate of drug-likeness (QED) is 0.191. The van der Waals surface area contributed by atoms with Gasteiger partial charge in [-0.3, -0.25) is 14.5 Å². The lowest BCUT2D eigenvalue weighted by atomic mass is 10.0. The van der Waals surface area contributed by atoms with E-state index in [9.17, 15) is 22.8 Å². The van der Waals surface area contributed by atoms with E-state index in [0.717, 1.165) is 34.7 Å². The molecule has 2 aliphatic heterocycles. The van der Waals surface area contributed by atoms with E-state index >= 15 is 0 Å². The fraction of sp³-hybridized carbons (Fsp3) is 0.231. The number of nitriles is 1. The molecule has 2 aromatic rings. The Bertz CT molecular complexity index is 1420. The number of thioether (sulfide) groups is 2. The number of hydrogen-bond acceptors (Lipinski definition) is 10. The lowest BCUT2D eigenvalue weighted by molar-refractivity contribution is -0.155. The zero-order valence-electron chi connectivity index (χ0n) is 20.6. The van der Waals surface area contributed by atoms with Crippen LogP contribution < -0.4 is 5.32 Å². The van der Waals surface area contributed by atoms with Crippen LogP contribution in [0.1, 0.15) is 17.2 Å². The van der Waals surface area contributed by atoms with E-state index in [0.29, 0.717) is 11.1 Å². The van der Waals surface area contributed by atoms with Crippen molar-refractivity contribution in [3.05, 3.63) is 94.7 Å². The van der Waals surface area contributed by atoms with Gasteiger partial charge in [0.05, 0.1) is 23.8 Å². The molecule has 0 aliphatic carbocycles. The van der Waals surface area contributed by atoms with Gasteiger partial charge < -0.3 is 14.2 Å². The Morgan fingerprint density at radius 1 is 1.18 bits per heavy atom. The first-order valence-electron chi connectivity index (χ1n) is 11.5. The summed E-state index contributed by atoms with van der Waals surface area (Å²) in [7, 11) is -4.02. The van der Waals surface area contributed by atoms with Crippen LogP contribution in [0, 0.1) is 11.3 Å². The Hall–Kier alpha value is -3.73. The second-order valence-electron chi connectivity index (χ2n) is 8.36. The number of carbonyl (C=O) groups is 3. The minimum atomic E-state index is -4.02. The molecule has 1 N–H and O–H groups in total. The number of hydrogen-bond donors (Lipinski definition) is 1. The number of allylic oxidation sites excluding steroid dienone is 1. The summed E-state index contributed by atoms with van der Waals surface area (Å²) in [6.07, 6.45) is 1.23. The van der Waals surface area contributed by atoms with E-state index in [4.69, 9.17) is 14.2 Å². The monoisotopic (exact) mass is 585 g/mol. The molecule has 0 aromatic heterocycles. The smallest absolute Gasteiger partial charge is 0.359 e. The summed E-state index contributed by atoms with van der Waals surface area (Å²) >= 11 is 2.24. The Balaban J connectivity index is 1.60. The number of rotatable bonds is 10. The second-order valence-corrected chi connectivity index (χ2v) is 11.9. The van der Waals surface area contributed by atoms with Crippen molar-refractivity contribution in [2.45, 2.75) is 17.5 Å². The molecule has 0 unspecified atom stereocenters. The highest BCUT2D eigenvalue weighted by Gasteiger charge is 2.55. The normalized spacial score (nSPS) is 18.8. The maximum atomic E-state index is 13.6. The predicted octanol–water partition coefficient (Wildman–Crippen LogP) is 2.68. The summed E-state index contributed by atoms with van der Waals surface area (Å²) in [5.74, 6) is -2.25. The van der Waals surface area contributed by atoms with Gasteiger partial charge in [-0.05, 0) is 16.5 Å². The predicted molar refractivity (Wildman–Crippen MR) is 146 cm³/mol. The highest BCUT2D eigenvalue weighted by atomic mass is 32.2. The van der Waals surface area contributed by atoms with Gasteiger partial charge in [-0.25, -0.2) is 4.79 Å². The van der Waals surface area contributed by atoms with Crippen molar-refractivity contribution in [1.82, 2.24) is 10.2 Å². The van der Waals surface area contributed by atoms with Gasteiger partial charge in [0.15, 0.2) is 17.6 Å². The van der Waals surface area contributed by atoms with E-state index in [1.54, 1.807) is 48.5 Å². The van der Waals surface area contributed by atoms with Crippen LogP contribution in [-0.4, -0.2) is 60.3 Å². The van der Waals surface area contributed by atoms with Crippen LogP contribution in [0.15, 0.2) is 83.6 Å². The Labute approximate surface area is 234 Å². The van der Waals surface area contributed by atoms with Crippen molar-refractivity contribution < 1.29 is 31.7 Å². The van der Waals surface area contributed by atoms with Crippen LogP contribution in [0.25, 0.3) is 0 Å². The summed E-state index contributed by atoms with van der Waals surface area (Å²) in [6.45, 7) is 0. The average molecular weight is 586 g/mol.